The highest BCUT2D eigenvalue weighted by molar-refractivity contribution is 7.07. The van der Waals surface area contributed by atoms with Crippen molar-refractivity contribution < 1.29 is 9.31 Å². The van der Waals surface area contributed by atoms with Gasteiger partial charge in [0.2, 0.25) is 0 Å². The number of benzene rings is 2. The van der Waals surface area contributed by atoms with Gasteiger partial charge in [0.1, 0.15) is 5.82 Å². The lowest BCUT2D eigenvalue weighted by Gasteiger charge is -2.36. The molecule has 1 aliphatic carbocycles. The van der Waals surface area contributed by atoms with Gasteiger partial charge >= 0.3 is 0 Å². The number of hydrogen-bond acceptors (Lipinski definition) is 4. The Morgan fingerprint density at radius 2 is 1.94 bits per heavy atom. The normalized spacial score (nSPS) is 21.9. The van der Waals surface area contributed by atoms with E-state index in [1.165, 1.54) is 42.0 Å². The van der Waals surface area contributed by atoms with Gasteiger partial charge in [-0.15, -0.1) is 11.3 Å². The lowest BCUT2D eigenvalue weighted by Crippen LogP contribution is -2.32. The summed E-state index contributed by atoms with van der Waals surface area (Å²) in [6.07, 6.45) is 3.36. The van der Waals surface area contributed by atoms with E-state index < -0.39 is 10.7 Å². The van der Waals surface area contributed by atoms with Crippen LogP contribution in [-0.4, -0.2) is 9.49 Å². The van der Waals surface area contributed by atoms with Crippen LogP contribution in [0.2, 0.25) is 5.02 Å². The Bertz CT molecular complexity index is 1170. The number of nitro benzene ring substituents is 1. The molecule has 2 aromatic carbocycles. The van der Waals surface area contributed by atoms with Crippen LogP contribution in [0.25, 0.3) is 11.3 Å². The minimum Gasteiger partial charge on any atom is -0.313 e. The van der Waals surface area contributed by atoms with Gasteiger partial charge < -0.3 is 4.57 Å². The van der Waals surface area contributed by atoms with Crippen molar-refractivity contribution in [3.05, 3.63) is 73.6 Å². The molecule has 3 atom stereocenters. The number of nitrogens with zero attached hydrogens (tertiary/aromatic N) is 3. The highest BCUT2D eigenvalue weighted by Gasteiger charge is 2.30. The molecule has 0 bridgehead atoms. The van der Waals surface area contributed by atoms with Gasteiger partial charge in [-0.3, -0.25) is 10.1 Å². The van der Waals surface area contributed by atoms with Crippen LogP contribution in [0.4, 0.5) is 15.8 Å². The zero-order chi connectivity index (χ0) is 22.1. The molecule has 162 valence electrons. The Hall–Kier alpha value is -2.51. The lowest BCUT2D eigenvalue weighted by molar-refractivity contribution is -0.384. The van der Waals surface area contributed by atoms with Gasteiger partial charge in [0.05, 0.1) is 21.3 Å². The second-order valence-electron chi connectivity index (χ2n) is 8.12. The van der Waals surface area contributed by atoms with E-state index in [1.54, 1.807) is 18.2 Å². The third-order valence-corrected chi connectivity index (χ3v) is 7.39. The molecule has 1 saturated carbocycles. The molecular weight excluding hydrogens is 437 g/mol. The van der Waals surface area contributed by atoms with Crippen LogP contribution in [0, 0.1) is 27.8 Å². The molecule has 0 radical (unpaired) electrons. The van der Waals surface area contributed by atoms with Crippen molar-refractivity contribution in [1.82, 2.24) is 4.57 Å². The van der Waals surface area contributed by atoms with Gasteiger partial charge in [-0.2, -0.15) is 0 Å². The van der Waals surface area contributed by atoms with Gasteiger partial charge in [-0.25, -0.2) is 9.38 Å². The predicted octanol–water partition coefficient (Wildman–Crippen LogP) is 7.15. The first kappa shape index (κ1) is 21.7. The Morgan fingerprint density at radius 3 is 2.61 bits per heavy atom. The molecule has 1 aromatic heterocycles. The third-order valence-electron chi connectivity index (χ3n) is 6.24. The summed E-state index contributed by atoms with van der Waals surface area (Å²) in [7, 11) is 0. The first-order valence-corrected chi connectivity index (χ1v) is 11.6. The van der Waals surface area contributed by atoms with Crippen LogP contribution in [0.15, 0.2) is 52.8 Å². The zero-order valence-electron chi connectivity index (χ0n) is 17.3. The van der Waals surface area contributed by atoms with Crippen LogP contribution >= 0.6 is 22.9 Å². The fraction of sp³-hybridized carbons (Fsp3) is 0.348. The topological polar surface area (TPSA) is 60.4 Å². The first-order valence-electron chi connectivity index (χ1n) is 10.3. The summed E-state index contributed by atoms with van der Waals surface area (Å²) >= 11 is 7.31. The second-order valence-corrected chi connectivity index (χ2v) is 9.37. The van der Waals surface area contributed by atoms with Gasteiger partial charge in [-0.05, 0) is 48.1 Å². The van der Waals surface area contributed by atoms with E-state index in [4.69, 9.17) is 16.6 Å². The van der Waals surface area contributed by atoms with E-state index in [-0.39, 0.29) is 16.8 Å². The molecule has 0 N–H and O–H groups in total. The average Bonchev–Trinajstić information content (AvgIpc) is 3.16. The molecule has 5 nitrogen and oxygen atoms in total. The predicted molar refractivity (Wildman–Crippen MR) is 122 cm³/mol. The molecule has 1 fully saturated rings. The summed E-state index contributed by atoms with van der Waals surface area (Å²) < 4.78 is 16.2. The quantitative estimate of drug-likeness (QED) is 0.307. The van der Waals surface area contributed by atoms with E-state index in [0.29, 0.717) is 17.5 Å². The van der Waals surface area contributed by atoms with E-state index in [2.05, 4.69) is 18.4 Å². The van der Waals surface area contributed by atoms with Crippen LogP contribution in [-0.2, 0) is 0 Å². The Balaban J connectivity index is 1.86. The molecule has 8 heteroatoms. The lowest BCUT2D eigenvalue weighted by atomic mass is 9.78. The Kier molecular flexibility index (Phi) is 6.25. The maximum atomic E-state index is 14.0. The molecule has 0 aliphatic heterocycles. The van der Waals surface area contributed by atoms with Crippen molar-refractivity contribution in [3.63, 3.8) is 0 Å². The number of hydrogen-bond donors (Lipinski definition) is 0. The fourth-order valence-electron chi connectivity index (χ4n) is 4.27. The summed E-state index contributed by atoms with van der Waals surface area (Å²) in [4.78, 5) is 16.2. The number of thiazole rings is 1. The van der Waals surface area contributed by atoms with Crippen molar-refractivity contribution in [2.45, 2.75) is 39.2 Å². The largest absolute Gasteiger partial charge is 0.313 e. The van der Waals surface area contributed by atoms with Crippen LogP contribution < -0.4 is 4.80 Å². The van der Waals surface area contributed by atoms with Crippen molar-refractivity contribution in [3.8, 4) is 11.3 Å². The van der Waals surface area contributed by atoms with Crippen molar-refractivity contribution in [1.29, 1.82) is 0 Å². The maximum absolute atomic E-state index is 14.0. The van der Waals surface area contributed by atoms with E-state index in [9.17, 15) is 14.5 Å². The Morgan fingerprint density at radius 1 is 1.19 bits per heavy atom. The molecule has 1 aliphatic rings. The van der Waals surface area contributed by atoms with Crippen molar-refractivity contribution in [2.75, 3.05) is 0 Å². The number of rotatable bonds is 4. The average molecular weight is 460 g/mol. The van der Waals surface area contributed by atoms with E-state index in [0.717, 1.165) is 28.9 Å². The van der Waals surface area contributed by atoms with Gasteiger partial charge in [0.25, 0.3) is 5.69 Å². The smallest absolute Gasteiger partial charge is 0.269 e. The molecule has 3 aromatic rings. The first-order chi connectivity index (χ1) is 14.8. The van der Waals surface area contributed by atoms with E-state index >= 15 is 0 Å². The Labute approximate surface area is 189 Å². The van der Waals surface area contributed by atoms with Crippen LogP contribution in [0.5, 0.6) is 0 Å². The molecule has 0 amide bonds. The molecule has 4 rings (SSSR count). The summed E-state index contributed by atoms with van der Waals surface area (Å²) in [5.74, 6) is 0.527. The molecule has 0 spiro atoms. The molecule has 1 heterocycles. The van der Waals surface area contributed by atoms with Crippen molar-refractivity contribution in [2.24, 2.45) is 16.8 Å². The highest BCUT2D eigenvalue weighted by atomic mass is 35.5. The number of halogens is 2. The minimum absolute atomic E-state index is 0.0618. The van der Waals surface area contributed by atoms with Gasteiger partial charge in [-0.1, -0.05) is 38.3 Å². The molecule has 0 saturated heterocycles. The summed E-state index contributed by atoms with van der Waals surface area (Å²) in [6.45, 7) is 4.55. The molecule has 31 heavy (non-hydrogen) atoms. The van der Waals surface area contributed by atoms with E-state index in [1.807, 2.05) is 5.38 Å². The minimum atomic E-state index is -0.499. The van der Waals surface area contributed by atoms with Gasteiger partial charge in [0.15, 0.2) is 4.80 Å². The number of non-ortho nitro benzene ring substituents is 1. The van der Waals surface area contributed by atoms with Crippen molar-refractivity contribution >= 4 is 34.3 Å². The fourth-order valence-corrected chi connectivity index (χ4v) is 5.36. The van der Waals surface area contributed by atoms with Crippen LogP contribution in [0.1, 0.15) is 39.2 Å². The van der Waals surface area contributed by atoms with Crippen LogP contribution in [0.3, 0.4) is 0 Å². The maximum Gasteiger partial charge on any atom is 0.269 e. The highest BCUT2D eigenvalue weighted by Crippen LogP contribution is 2.39. The molecular formula is C23H23ClFN3O2S. The standard InChI is InChI=1S/C23H23ClFN3O2S/c1-14-4-3-5-21(15(14)2)27-22(16-6-9-18(10-7-16)28(29)30)13-31-23(27)26-17-8-11-19(24)20(25)12-17/h6-15,21H,3-5H2,1-2H3. The summed E-state index contributed by atoms with van der Waals surface area (Å²) in [5.41, 5.74) is 2.44. The SMILES string of the molecule is CC1CCCC(n2c(-c3ccc([N+](=O)[O-])cc3)csc2=Nc2ccc(Cl)c(F)c2)C1C. The zero-order valence-corrected chi connectivity index (χ0v) is 18.9. The number of aromatic nitrogens is 1. The summed E-state index contributed by atoms with van der Waals surface area (Å²) in [6, 6.07) is 11.4. The number of nitro groups is 1. The van der Waals surface area contributed by atoms with Gasteiger partial charge in [0, 0.05) is 29.6 Å². The summed E-state index contributed by atoms with van der Waals surface area (Å²) in [5, 5.41) is 13.1. The third kappa shape index (κ3) is 4.43. The monoisotopic (exact) mass is 459 g/mol. The second kappa shape index (κ2) is 8.93. The molecule has 3 unspecified atom stereocenters.